The molecule has 5 nitrogen and oxygen atoms in total. The third kappa shape index (κ3) is 4.20. The summed E-state index contributed by atoms with van der Waals surface area (Å²) in [6.45, 7) is 5.05. The maximum Gasteiger partial charge on any atom is 0.280 e. The van der Waals surface area contributed by atoms with Gasteiger partial charge in [-0.25, -0.2) is 0 Å². The van der Waals surface area contributed by atoms with E-state index < -0.39 is 0 Å². The molecule has 1 aromatic carbocycles. The van der Waals surface area contributed by atoms with Crippen molar-refractivity contribution in [3.05, 3.63) is 47.2 Å². The number of hydrogen-bond acceptors (Lipinski definition) is 3. The summed E-state index contributed by atoms with van der Waals surface area (Å²) < 4.78 is 4.91. The smallest absolute Gasteiger partial charge is 0.280 e. The van der Waals surface area contributed by atoms with Crippen molar-refractivity contribution in [1.82, 2.24) is 5.16 Å². The maximum absolute atomic E-state index is 11.9. The van der Waals surface area contributed by atoms with Crippen molar-refractivity contribution in [3.63, 3.8) is 0 Å². The van der Waals surface area contributed by atoms with Crippen LogP contribution < -0.4 is 10.2 Å². The van der Waals surface area contributed by atoms with Crippen LogP contribution in [0.2, 0.25) is 0 Å². The number of anilines is 1. The summed E-state index contributed by atoms with van der Waals surface area (Å²) in [6.07, 6.45) is 0. The molecule has 1 amide bonds. The van der Waals surface area contributed by atoms with Crippen LogP contribution in [0.5, 0.6) is 0 Å². The molecule has 0 fully saturated rings. The van der Waals surface area contributed by atoms with Gasteiger partial charge in [0, 0.05) is 11.6 Å². The Bertz CT molecular complexity index is 575. The van der Waals surface area contributed by atoms with Crippen molar-refractivity contribution in [3.8, 4) is 0 Å². The van der Waals surface area contributed by atoms with Gasteiger partial charge >= 0.3 is 0 Å². The summed E-state index contributed by atoms with van der Waals surface area (Å²) >= 11 is 0. The zero-order valence-corrected chi connectivity index (χ0v) is 12.1. The first-order valence-corrected chi connectivity index (χ1v) is 6.63. The number of carbonyl (C=O) groups is 1. The second-order valence-corrected chi connectivity index (χ2v) is 5.17. The molecule has 0 aliphatic heterocycles. The van der Waals surface area contributed by atoms with E-state index >= 15 is 0 Å². The monoisotopic (exact) mass is 274 g/mol. The van der Waals surface area contributed by atoms with Gasteiger partial charge < -0.3 is 14.7 Å². The number of quaternary nitrogens is 1. The minimum Gasteiger partial charge on any atom is -0.360 e. The first-order valence-electron chi connectivity index (χ1n) is 6.63. The summed E-state index contributed by atoms with van der Waals surface area (Å²) in [5.74, 6) is 1.08. The third-order valence-corrected chi connectivity index (χ3v) is 2.98. The molecule has 1 unspecified atom stereocenters. The van der Waals surface area contributed by atoms with Crippen LogP contribution >= 0.6 is 0 Å². The number of rotatable bonds is 5. The predicted octanol–water partition coefficient (Wildman–Crippen LogP) is 0.945. The normalized spacial score (nSPS) is 12.2. The molecule has 0 aliphatic carbocycles. The minimum absolute atomic E-state index is 0.0667. The lowest BCUT2D eigenvalue weighted by molar-refractivity contribution is -0.885. The Hall–Kier alpha value is -2.14. The van der Waals surface area contributed by atoms with E-state index in [-0.39, 0.29) is 5.91 Å². The van der Waals surface area contributed by atoms with Gasteiger partial charge in [0.2, 0.25) is 0 Å². The first kappa shape index (κ1) is 14.3. The Morgan fingerprint density at radius 2 is 2.00 bits per heavy atom. The fourth-order valence-electron chi connectivity index (χ4n) is 2.00. The van der Waals surface area contributed by atoms with E-state index in [1.165, 1.54) is 11.1 Å². The summed E-state index contributed by atoms with van der Waals surface area (Å²) in [5.41, 5.74) is 2.46. The number of amides is 1. The van der Waals surface area contributed by atoms with E-state index in [0.717, 1.165) is 11.4 Å². The van der Waals surface area contributed by atoms with Gasteiger partial charge in [-0.3, -0.25) is 4.79 Å². The highest BCUT2D eigenvalue weighted by molar-refractivity contribution is 5.90. The molecule has 0 saturated heterocycles. The molecule has 1 atom stereocenters. The summed E-state index contributed by atoms with van der Waals surface area (Å²) in [5, 5.41) is 6.46. The second kappa shape index (κ2) is 6.34. The average Bonchev–Trinajstić information content (AvgIpc) is 2.77. The van der Waals surface area contributed by atoms with Crippen LogP contribution in [0.3, 0.4) is 0 Å². The van der Waals surface area contributed by atoms with Gasteiger partial charge in [-0.2, -0.15) is 0 Å². The Labute approximate surface area is 118 Å². The van der Waals surface area contributed by atoms with Crippen LogP contribution in [-0.2, 0) is 11.3 Å². The van der Waals surface area contributed by atoms with E-state index in [0.29, 0.717) is 18.1 Å². The van der Waals surface area contributed by atoms with Crippen LogP contribution in [0.1, 0.15) is 16.9 Å². The Morgan fingerprint density at radius 3 is 2.60 bits per heavy atom. The van der Waals surface area contributed by atoms with E-state index in [1.807, 2.05) is 7.05 Å². The van der Waals surface area contributed by atoms with Crippen LogP contribution in [0.15, 0.2) is 34.9 Å². The molecule has 106 valence electrons. The number of benzene rings is 1. The fraction of sp³-hybridized carbons (Fsp3) is 0.333. The lowest BCUT2D eigenvalue weighted by atomic mass is 10.1. The molecule has 1 heterocycles. The zero-order valence-electron chi connectivity index (χ0n) is 12.1. The van der Waals surface area contributed by atoms with Gasteiger partial charge in [0.25, 0.3) is 5.91 Å². The summed E-state index contributed by atoms with van der Waals surface area (Å²) in [4.78, 5) is 13.0. The molecule has 2 aromatic rings. The summed E-state index contributed by atoms with van der Waals surface area (Å²) in [7, 11) is 1.99. The Morgan fingerprint density at radius 1 is 1.30 bits per heavy atom. The lowest BCUT2D eigenvalue weighted by Crippen LogP contribution is -3.08. The van der Waals surface area contributed by atoms with Crippen molar-refractivity contribution in [2.45, 2.75) is 20.4 Å². The predicted molar refractivity (Wildman–Crippen MR) is 76.5 cm³/mol. The third-order valence-electron chi connectivity index (χ3n) is 2.98. The molecule has 0 bridgehead atoms. The molecule has 2 N–H and O–H groups in total. The number of nitrogens with zero attached hydrogens (tertiary/aromatic N) is 1. The standard InChI is InChI=1S/C15H19N3O2/c1-11-4-6-13(7-5-11)9-18(3)10-15(19)16-14-8-12(2)20-17-14/h4-8H,9-10H2,1-3H3,(H,16,17,19)/p+1. The molecule has 5 heteroatoms. The fourth-order valence-corrected chi connectivity index (χ4v) is 2.00. The van der Waals surface area contributed by atoms with Crippen LogP contribution in [0, 0.1) is 13.8 Å². The second-order valence-electron chi connectivity index (χ2n) is 5.17. The van der Waals surface area contributed by atoms with Gasteiger partial charge in [-0.15, -0.1) is 0 Å². The maximum atomic E-state index is 11.9. The van der Waals surface area contributed by atoms with Crippen LogP contribution in [-0.4, -0.2) is 24.7 Å². The number of hydrogen-bond donors (Lipinski definition) is 2. The van der Waals surface area contributed by atoms with E-state index in [1.54, 1.807) is 13.0 Å². The molecule has 0 aliphatic rings. The number of nitrogens with one attached hydrogen (secondary N) is 2. The molecule has 0 spiro atoms. The van der Waals surface area contributed by atoms with Crippen molar-refractivity contribution < 1.29 is 14.2 Å². The number of aromatic nitrogens is 1. The van der Waals surface area contributed by atoms with E-state index in [2.05, 4.69) is 41.7 Å². The molecule has 0 saturated carbocycles. The average molecular weight is 274 g/mol. The quantitative estimate of drug-likeness (QED) is 0.853. The number of carbonyl (C=O) groups excluding carboxylic acids is 1. The van der Waals surface area contributed by atoms with Crippen molar-refractivity contribution >= 4 is 11.7 Å². The summed E-state index contributed by atoms with van der Waals surface area (Å²) in [6, 6.07) is 10.1. The van der Waals surface area contributed by atoms with Crippen LogP contribution in [0.25, 0.3) is 0 Å². The topological polar surface area (TPSA) is 59.6 Å². The highest BCUT2D eigenvalue weighted by Crippen LogP contribution is 2.06. The van der Waals surface area contributed by atoms with E-state index in [4.69, 9.17) is 4.52 Å². The molecule has 0 radical (unpaired) electrons. The minimum atomic E-state index is -0.0667. The van der Waals surface area contributed by atoms with Gasteiger partial charge in [0.1, 0.15) is 12.3 Å². The Balaban J connectivity index is 1.83. The zero-order chi connectivity index (χ0) is 14.5. The largest absolute Gasteiger partial charge is 0.360 e. The number of aryl methyl sites for hydroxylation is 2. The first-order chi connectivity index (χ1) is 9.52. The Kier molecular flexibility index (Phi) is 4.53. The SMILES string of the molecule is Cc1ccc(C[NH+](C)CC(=O)Nc2cc(C)on2)cc1. The van der Waals surface area contributed by atoms with Crippen molar-refractivity contribution in [2.75, 3.05) is 18.9 Å². The number of likely N-dealkylation sites (N-methyl/N-ethyl adjacent to an activating group) is 1. The van der Waals surface area contributed by atoms with Crippen molar-refractivity contribution in [2.24, 2.45) is 0 Å². The highest BCUT2D eigenvalue weighted by atomic mass is 16.5. The molecule has 1 aromatic heterocycles. The van der Waals surface area contributed by atoms with Gasteiger partial charge in [-0.1, -0.05) is 35.0 Å². The highest BCUT2D eigenvalue weighted by Gasteiger charge is 2.12. The molecular formula is C15H20N3O2+. The van der Waals surface area contributed by atoms with Gasteiger partial charge in [-0.05, 0) is 13.8 Å². The van der Waals surface area contributed by atoms with Gasteiger partial charge in [0.15, 0.2) is 12.4 Å². The lowest BCUT2D eigenvalue weighted by Gasteiger charge is -2.13. The van der Waals surface area contributed by atoms with Gasteiger partial charge in [0.05, 0.1) is 7.05 Å². The van der Waals surface area contributed by atoms with Crippen molar-refractivity contribution in [1.29, 1.82) is 0 Å². The molecular weight excluding hydrogens is 254 g/mol. The molecule has 20 heavy (non-hydrogen) atoms. The molecule has 2 rings (SSSR count). The van der Waals surface area contributed by atoms with Crippen LogP contribution in [0.4, 0.5) is 5.82 Å². The van der Waals surface area contributed by atoms with E-state index in [9.17, 15) is 4.79 Å².